The second-order valence-corrected chi connectivity index (χ2v) is 8.43. The van der Waals surface area contributed by atoms with Gasteiger partial charge in [0.25, 0.3) is 5.56 Å². The zero-order valence-electron chi connectivity index (χ0n) is 15.9. The largest absolute Gasteiger partial charge is 0.310 e. The van der Waals surface area contributed by atoms with Crippen molar-refractivity contribution in [3.8, 4) is 6.07 Å². The Hall–Kier alpha value is -2.89. The van der Waals surface area contributed by atoms with Gasteiger partial charge in [-0.3, -0.25) is 14.2 Å². The fourth-order valence-corrected chi connectivity index (χ4v) is 4.66. The third-order valence-electron chi connectivity index (χ3n) is 4.27. The van der Waals surface area contributed by atoms with E-state index in [0.717, 1.165) is 5.69 Å². The number of allylic oxidation sites excluding steroid dienone is 1. The Kier molecular flexibility index (Phi) is 6.86. The molecule has 0 aliphatic carbocycles. The molecule has 6 nitrogen and oxygen atoms in total. The van der Waals surface area contributed by atoms with E-state index in [1.165, 1.54) is 23.1 Å². The SMILES string of the molecule is C=CCn1c(S[C@H](C)C(=O)N(CCC#N)c2ccccc2)nc2sccc2c1=O. The quantitative estimate of drug-likeness (QED) is 0.309. The molecule has 1 amide bonds. The Bertz CT molecular complexity index is 1120. The lowest BCUT2D eigenvalue weighted by atomic mass is 10.2. The number of hydrogen-bond donors (Lipinski definition) is 0. The zero-order valence-corrected chi connectivity index (χ0v) is 17.6. The minimum absolute atomic E-state index is 0.136. The molecular weight excluding hydrogens is 404 g/mol. The monoisotopic (exact) mass is 424 g/mol. The van der Waals surface area contributed by atoms with E-state index in [1.54, 1.807) is 28.5 Å². The van der Waals surface area contributed by atoms with Crippen LogP contribution in [0.15, 0.2) is 64.4 Å². The lowest BCUT2D eigenvalue weighted by Gasteiger charge is -2.25. The summed E-state index contributed by atoms with van der Waals surface area (Å²) in [5.74, 6) is -0.137. The molecule has 3 rings (SSSR count). The van der Waals surface area contributed by atoms with E-state index in [-0.39, 0.29) is 17.9 Å². The highest BCUT2D eigenvalue weighted by Crippen LogP contribution is 2.27. The molecule has 0 saturated carbocycles. The van der Waals surface area contributed by atoms with Crippen molar-refractivity contribution in [2.45, 2.75) is 30.3 Å². The molecule has 3 aromatic rings. The number of carbonyl (C=O) groups is 1. The van der Waals surface area contributed by atoms with E-state index in [9.17, 15) is 9.59 Å². The highest BCUT2D eigenvalue weighted by atomic mass is 32.2. The number of thiophene rings is 1. The first kappa shape index (κ1) is 20.8. The van der Waals surface area contributed by atoms with Gasteiger partial charge in [0, 0.05) is 18.8 Å². The predicted octanol–water partition coefficient (Wildman–Crippen LogP) is 4.07. The zero-order chi connectivity index (χ0) is 20.8. The first-order valence-corrected chi connectivity index (χ1v) is 10.8. The molecule has 0 radical (unpaired) electrons. The normalized spacial score (nSPS) is 11.7. The highest BCUT2D eigenvalue weighted by Gasteiger charge is 2.25. The van der Waals surface area contributed by atoms with Crippen molar-refractivity contribution in [2.75, 3.05) is 11.4 Å². The summed E-state index contributed by atoms with van der Waals surface area (Å²) >= 11 is 2.64. The van der Waals surface area contributed by atoms with Crippen molar-refractivity contribution in [3.63, 3.8) is 0 Å². The van der Waals surface area contributed by atoms with Crippen molar-refractivity contribution >= 4 is 44.9 Å². The van der Waals surface area contributed by atoms with Crippen molar-refractivity contribution in [3.05, 3.63) is 64.8 Å². The summed E-state index contributed by atoms with van der Waals surface area (Å²) in [5, 5.41) is 11.4. The first-order valence-electron chi connectivity index (χ1n) is 9.05. The minimum atomic E-state index is -0.491. The van der Waals surface area contributed by atoms with Gasteiger partial charge in [0.05, 0.1) is 23.1 Å². The number of nitrogens with zero attached hydrogens (tertiary/aromatic N) is 4. The fourth-order valence-electron chi connectivity index (χ4n) is 2.87. The molecule has 2 heterocycles. The second-order valence-electron chi connectivity index (χ2n) is 6.23. The number of carbonyl (C=O) groups excluding carboxylic acids is 1. The summed E-state index contributed by atoms with van der Waals surface area (Å²) < 4.78 is 1.54. The van der Waals surface area contributed by atoms with Gasteiger partial charge < -0.3 is 4.90 Å². The third kappa shape index (κ3) is 4.58. The number of anilines is 1. The molecular formula is C21H20N4O2S2. The standard InChI is InChI=1S/C21H20N4O2S2/c1-3-12-25-20(27)17-10-14-28-18(17)23-21(25)29-15(2)19(26)24(13-7-11-22)16-8-5-4-6-9-16/h3-6,8-10,14-15H,1,7,12-13H2,2H3/t15-/m1/s1. The summed E-state index contributed by atoms with van der Waals surface area (Å²) in [4.78, 5) is 32.8. The molecule has 0 aliphatic heterocycles. The van der Waals surface area contributed by atoms with E-state index in [4.69, 9.17) is 5.26 Å². The molecule has 0 saturated heterocycles. The van der Waals surface area contributed by atoms with Gasteiger partial charge in [-0.2, -0.15) is 5.26 Å². The molecule has 2 aromatic heterocycles. The highest BCUT2D eigenvalue weighted by molar-refractivity contribution is 8.00. The number of aromatic nitrogens is 2. The number of para-hydroxylation sites is 1. The summed E-state index contributed by atoms with van der Waals surface area (Å²) in [5.41, 5.74) is 0.605. The average Bonchev–Trinajstić information content (AvgIpc) is 3.20. The molecule has 0 aliphatic rings. The molecule has 0 spiro atoms. The first-order chi connectivity index (χ1) is 14.1. The van der Waals surface area contributed by atoms with E-state index >= 15 is 0 Å². The van der Waals surface area contributed by atoms with Crippen LogP contribution in [0.1, 0.15) is 13.3 Å². The number of thioether (sulfide) groups is 1. The van der Waals surface area contributed by atoms with Gasteiger partial charge in [-0.1, -0.05) is 36.0 Å². The number of fused-ring (bicyclic) bond motifs is 1. The Morgan fingerprint density at radius 1 is 1.41 bits per heavy atom. The predicted molar refractivity (Wildman–Crippen MR) is 118 cm³/mol. The molecule has 0 bridgehead atoms. The molecule has 0 fully saturated rings. The van der Waals surface area contributed by atoms with Crippen LogP contribution < -0.4 is 10.5 Å². The second kappa shape index (κ2) is 9.54. The van der Waals surface area contributed by atoms with Gasteiger partial charge in [-0.25, -0.2) is 4.98 Å². The van der Waals surface area contributed by atoms with Crippen molar-refractivity contribution in [1.29, 1.82) is 5.26 Å². The Morgan fingerprint density at radius 3 is 2.86 bits per heavy atom. The number of nitriles is 1. The van der Waals surface area contributed by atoms with E-state index in [1.807, 2.05) is 35.7 Å². The number of hydrogen-bond acceptors (Lipinski definition) is 6. The fraction of sp³-hybridized carbons (Fsp3) is 0.238. The molecule has 148 valence electrons. The lowest BCUT2D eigenvalue weighted by Crippen LogP contribution is -2.37. The summed E-state index contributed by atoms with van der Waals surface area (Å²) in [6.45, 7) is 6.14. The van der Waals surface area contributed by atoms with Crippen LogP contribution in [-0.2, 0) is 11.3 Å². The van der Waals surface area contributed by atoms with Gasteiger partial charge in [0.2, 0.25) is 5.91 Å². The molecule has 0 N–H and O–H groups in total. The topological polar surface area (TPSA) is 79.0 Å². The lowest BCUT2D eigenvalue weighted by molar-refractivity contribution is -0.117. The summed E-state index contributed by atoms with van der Waals surface area (Å²) in [7, 11) is 0. The summed E-state index contributed by atoms with van der Waals surface area (Å²) in [6.07, 6.45) is 1.87. The van der Waals surface area contributed by atoms with Gasteiger partial charge >= 0.3 is 0 Å². The summed E-state index contributed by atoms with van der Waals surface area (Å²) in [6, 6.07) is 13.1. The van der Waals surface area contributed by atoms with E-state index in [0.29, 0.717) is 28.5 Å². The maximum Gasteiger partial charge on any atom is 0.263 e. The van der Waals surface area contributed by atoms with E-state index in [2.05, 4.69) is 17.6 Å². The Balaban J connectivity index is 1.91. The minimum Gasteiger partial charge on any atom is -0.310 e. The van der Waals surface area contributed by atoms with Gasteiger partial charge in [0.1, 0.15) is 4.83 Å². The maximum atomic E-state index is 13.2. The molecule has 1 aromatic carbocycles. The molecule has 29 heavy (non-hydrogen) atoms. The van der Waals surface area contributed by atoms with E-state index < -0.39 is 5.25 Å². The van der Waals surface area contributed by atoms with Crippen LogP contribution in [-0.4, -0.2) is 27.3 Å². The number of rotatable bonds is 8. The Morgan fingerprint density at radius 2 is 2.17 bits per heavy atom. The van der Waals surface area contributed by atoms with Crippen molar-refractivity contribution in [1.82, 2.24) is 9.55 Å². The van der Waals surface area contributed by atoms with Crippen molar-refractivity contribution in [2.24, 2.45) is 0 Å². The molecule has 1 atom stereocenters. The molecule has 0 unspecified atom stereocenters. The van der Waals surface area contributed by atoms with Crippen LogP contribution in [0.4, 0.5) is 5.69 Å². The third-order valence-corrected chi connectivity index (χ3v) is 6.16. The number of benzene rings is 1. The van der Waals surface area contributed by atoms with Crippen LogP contribution in [0, 0.1) is 11.3 Å². The van der Waals surface area contributed by atoms with Gasteiger partial charge in [-0.15, -0.1) is 17.9 Å². The average molecular weight is 425 g/mol. The van der Waals surface area contributed by atoms with Crippen LogP contribution in [0.2, 0.25) is 0 Å². The van der Waals surface area contributed by atoms with Gasteiger partial charge in [0.15, 0.2) is 5.16 Å². The van der Waals surface area contributed by atoms with Crippen molar-refractivity contribution < 1.29 is 4.79 Å². The van der Waals surface area contributed by atoms with Crippen LogP contribution >= 0.6 is 23.1 Å². The molecule has 8 heteroatoms. The van der Waals surface area contributed by atoms with Crippen LogP contribution in [0.3, 0.4) is 0 Å². The number of amides is 1. The Labute approximate surface area is 177 Å². The maximum absolute atomic E-state index is 13.2. The van der Waals surface area contributed by atoms with Gasteiger partial charge in [-0.05, 0) is 30.5 Å². The smallest absolute Gasteiger partial charge is 0.263 e. The van der Waals surface area contributed by atoms with Crippen LogP contribution in [0.25, 0.3) is 10.2 Å². The van der Waals surface area contributed by atoms with Crippen LogP contribution in [0.5, 0.6) is 0 Å².